The second-order valence-electron chi connectivity index (χ2n) is 7.05. The van der Waals surface area contributed by atoms with Gasteiger partial charge in [0, 0.05) is 33.1 Å². The second-order valence-corrected chi connectivity index (χ2v) is 7.05. The normalized spacial score (nSPS) is 21.1. The zero-order chi connectivity index (χ0) is 16.1. The molecule has 2 heterocycles. The minimum Gasteiger partial charge on any atom is -0.356 e. The Morgan fingerprint density at radius 2 is 2.13 bits per heavy atom. The van der Waals surface area contributed by atoms with E-state index in [4.69, 9.17) is 4.52 Å². The van der Waals surface area contributed by atoms with Gasteiger partial charge in [-0.05, 0) is 38.0 Å². The Hall–Kier alpha value is -1.59. The molecule has 1 saturated heterocycles. The van der Waals surface area contributed by atoms with Crippen LogP contribution in [0.5, 0.6) is 0 Å². The van der Waals surface area contributed by atoms with E-state index in [0.717, 1.165) is 37.8 Å². The molecule has 2 aliphatic rings. The fraction of sp³-hybridized carbons (Fsp3) is 0.824. The first-order chi connectivity index (χ1) is 11.2. The summed E-state index contributed by atoms with van der Waals surface area (Å²) >= 11 is 0. The van der Waals surface area contributed by atoms with Crippen molar-refractivity contribution in [3.63, 3.8) is 0 Å². The molecule has 0 radical (unpaired) electrons. The van der Waals surface area contributed by atoms with Crippen LogP contribution in [0.2, 0.25) is 0 Å². The van der Waals surface area contributed by atoms with Gasteiger partial charge in [0.05, 0.1) is 0 Å². The number of aliphatic imine (C=N–C) groups is 1. The lowest BCUT2D eigenvalue weighted by molar-refractivity contribution is 0.203. The van der Waals surface area contributed by atoms with E-state index in [9.17, 15) is 0 Å². The lowest BCUT2D eigenvalue weighted by Gasteiger charge is -2.33. The first-order valence-corrected chi connectivity index (χ1v) is 8.96. The van der Waals surface area contributed by atoms with Crippen molar-refractivity contribution < 1.29 is 4.52 Å². The highest BCUT2D eigenvalue weighted by molar-refractivity contribution is 5.80. The molecule has 1 aliphatic heterocycles. The van der Waals surface area contributed by atoms with Crippen LogP contribution < -0.4 is 5.32 Å². The Balaban J connectivity index is 1.43. The number of hydrogen-bond acceptors (Lipinski definition) is 4. The molecule has 2 fully saturated rings. The van der Waals surface area contributed by atoms with E-state index in [1.165, 1.54) is 45.1 Å². The second kappa shape index (κ2) is 7.32. The average molecular weight is 319 g/mol. The fourth-order valence-electron chi connectivity index (χ4n) is 4.04. The van der Waals surface area contributed by atoms with Crippen molar-refractivity contribution in [3.05, 3.63) is 11.7 Å². The number of aryl methyl sites for hydroxylation is 2. The molecule has 1 aromatic rings. The van der Waals surface area contributed by atoms with Crippen molar-refractivity contribution in [1.29, 1.82) is 0 Å². The van der Waals surface area contributed by atoms with E-state index in [1.807, 2.05) is 14.0 Å². The van der Waals surface area contributed by atoms with Crippen LogP contribution in [-0.4, -0.2) is 47.7 Å². The van der Waals surface area contributed by atoms with Crippen LogP contribution in [0.15, 0.2) is 9.52 Å². The van der Waals surface area contributed by atoms with Gasteiger partial charge in [0.1, 0.15) is 0 Å². The Bertz CT molecular complexity index is 533. The largest absolute Gasteiger partial charge is 0.356 e. The molecule has 0 atom stereocenters. The number of hydrogen-bond donors (Lipinski definition) is 1. The molecule has 3 rings (SSSR count). The SMILES string of the molecule is CN=C(NCCCc1nc(C)no1)N1CCC2(CCCCC2)C1. The third kappa shape index (κ3) is 4.03. The van der Waals surface area contributed by atoms with Gasteiger partial charge in [-0.25, -0.2) is 0 Å². The highest BCUT2D eigenvalue weighted by Crippen LogP contribution is 2.43. The zero-order valence-electron chi connectivity index (χ0n) is 14.5. The summed E-state index contributed by atoms with van der Waals surface area (Å²) in [5.74, 6) is 2.48. The Labute approximate surface area is 138 Å². The zero-order valence-corrected chi connectivity index (χ0v) is 14.5. The molecule has 0 amide bonds. The Morgan fingerprint density at radius 3 is 2.83 bits per heavy atom. The quantitative estimate of drug-likeness (QED) is 0.525. The van der Waals surface area contributed by atoms with E-state index < -0.39 is 0 Å². The summed E-state index contributed by atoms with van der Waals surface area (Å²) in [7, 11) is 1.88. The summed E-state index contributed by atoms with van der Waals surface area (Å²) in [6.07, 6.45) is 10.1. The van der Waals surface area contributed by atoms with Gasteiger partial charge in [-0.3, -0.25) is 4.99 Å². The molecule has 1 aliphatic carbocycles. The summed E-state index contributed by atoms with van der Waals surface area (Å²) in [6.45, 7) is 5.05. The molecule has 1 aromatic heterocycles. The first-order valence-electron chi connectivity index (χ1n) is 8.96. The van der Waals surface area contributed by atoms with Crippen molar-refractivity contribution in [2.75, 3.05) is 26.7 Å². The molecule has 0 aromatic carbocycles. The molecule has 128 valence electrons. The third-order valence-electron chi connectivity index (χ3n) is 5.28. The molecule has 6 nitrogen and oxygen atoms in total. The molecule has 0 bridgehead atoms. The number of guanidine groups is 1. The number of nitrogens with zero attached hydrogens (tertiary/aromatic N) is 4. The van der Waals surface area contributed by atoms with Crippen LogP contribution in [0.4, 0.5) is 0 Å². The lowest BCUT2D eigenvalue weighted by Crippen LogP contribution is -2.42. The fourth-order valence-corrected chi connectivity index (χ4v) is 4.04. The summed E-state index contributed by atoms with van der Waals surface area (Å²) in [5, 5.41) is 7.32. The number of likely N-dealkylation sites (tertiary alicyclic amines) is 1. The third-order valence-corrected chi connectivity index (χ3v) is 5.28. The van der Waals surface area contributed by atoms with Gasteiger partial charge in [-0.1, -0.05) is 24.4 Å². The van der Waals surface area contributed by atoms with E-state index in [0.29, 0.717) is 11.2 Å². The molecule has 0 unspecified atom stereocenters. The molecular weight excluding hydrogens is 290 g/mol. The smallest absolute Gasteiger partial charge is 0.226 e. The van der Waals surface area contributed by atoms with Gasteiger partial charge >= 0.3 is 0 Å². The minimum atomic E-state index is 0.567. The van der Waals surface area contributed by atoms with Crippen LogP contribution in [-0.2, 0) is 6.42 Å². The molecule has 6 heteroatoms. The highest BCUT2D eigenvalue weighted by Gasteiger charge is 2.39. The minimum absolute atomic E-state index is 0.567. The molecule has 23 heavy (non-hydrogen) atoms. The van der Waals surface area contributed by atoms with E-state index >= 15 is 0 Å². The highest BCUT2D eigenvalue weighted by atomic mass is 16.5. The van der Waals surface area contributed by atoms with Crippen molar-refractivity contribution >= 4 is 5.96 Å². The van der Waals surface area contributed by atoms with Crippen LogP contribution >= 0.6 is 0 Å². The summed E-state index contributed by atoms with van der Waals surface area (Å²) in [6, 6.07) is 0. The van der Waals surface area contributed by atoms with E-state index in [2.05, 4.69) is 25.3 Å². The molecular formula is C17H29N5O. The summed E-state index contributed by atoms with van der Waals surface area (Å²) < 4.78 is 5.14. The van der Waals surface area contributed by atoms with Crippen molar-refractivity contribution in [2.24, 2.45) is 10.4 Å². The van der Waals surface area contributed by atoms with E-state index in [-0.39, 0.29) is 0 Å². The number of aromatic nitrogens is 2. The predicted octanol–water partition coefficient (Wildman–Crippen LogP) is 2.54. The maximum atomic E-state index is 5.14. The molecule has 1 saturated carbocycles. The van der Waals surface area contributed by atoms with Gasteiger partial charge in [-0.2, -0.15) is 4.98 Å². The van der Waals surface area contributed by atoms with Gasteiger partial charge in [-0.15, -0.1) is 0 Å². The van der Waals surface area contributed by atoms with Crippen molar-refractivity contribution in [3.8, 4) is 0 Å². The van der Waals surface area contributed by atoms with Crippen LogP contribution in [0, 0.1) is 12.3 Å². The van der Waals surface area contributed by atoms with Gasteiger partial charge in [0.2, 0.25) is 5.89 Å². The first kappa shape index (κ1) is 16.3. The van der Waals surface area contributed by atoms with Crippen LogP contribution in [0.25, 0.3) is 0 Å². The van der Waals surface area contributed by atoms with E-state index in [1.54, 1.807) is 0 Å². The standard InChI is InChI=1S/C17H29N5O/c1-14-20-15(23-21-14)7-6-11-19-16(18-2)22-12-10-17(13-22)8-4-3-5-9-17/h3-13H2,1-2H3,(H,18,19). The maximum Gasteiger partial charge on any atom is 0.226 e. The number of rotatable bonds is 4. The predicted molar refractivity (Wildman–Crippen MR) is 90.4 cm³/mol. The number of nitrogens with one attached hydrogen (secondary N) is 1. The average Bonchev–Trinajstić information content (AvgIpc) is 3.15. The Kier molecular flexibility index (Phi) is 5.18. The van der Waals surface area contributed by atoms with Gasteiger partial charge in [0.25, 0.3) is 0 Å². The van der Waals surface area contributed by atoms with Crippen molar-refractivity contribution in [2.45, 2.75) is 58.3 Å². The molecule has 1 N–H and O–H groups in total. The van der Waals surface area contributed by atoms with Crippen molar-refractivity contribution in [1.82, 2.24) is 20.4 Å². The lowest BCUT2D eigenvalue weighted by atomic mass is 9.73. The van der Waals surface area contributed by atoms with Gasteiger partial charge < -0.3 is 14.7 Å². The summed E-state index contributed by atoms with van der Waals surface area (Å²) in [4.78, 5) is 11.2. The topological polar surface area (TPSA) is 66.5 Å². The Morgan fingerprint density at radius 1 is 1.30 bits per heavy atom. The van der Waals surface area contributed by atoms with Crippen LogP contribution in [0.3, 0.4) is 0 Å². The summed E-state index contributed by atoms with van der Waals surface area (Å²) in [5.41, 5.74) is 0.567. The van der Waals surface area contributed by atoms with Crippen LogP contribution in [0.1, 0.15) is 56.7 Å². The monoisotopic (exact) mass is 319 g/mol. The maximum absolute atomic E-state index is 5.14. The molecule has 1 spiro atoms. The van der Waals surface area contributed by atoms with Gasteiger partial charge in [0.15, 0.2) is 11.8 Å².